The lowest BCUT2D eigenvalue weighted by Crippen LogP contribution is -2.23. The zero-order valence-electron chi connectivity index (χ0n) is 15.0. The third-order valence-electron chi connectivity index (χ3n) is 3.83. The largest absolute Gasteiger partial charge is 0.488 e. The van der Waals surface area contributed by atoms with Gasteiger partial charge in [0.2, 0.25) is 0 Å². The van der Waals surface area contributed by atoms with Crippen molar-refractivity contribution in [2.75, 3.05) is 5.32 Å². The van der Waals surface area contributed by atoms with E-state index in [1.54, 1.807) is 18.3 Å². The van der Waals surface area contributed by atoms with E-state index in [0.717, 1.165) is 11.3 Å². The van der Waals surface area contributed by atoms with Gasteiger partial charge in [0.15, 0.2) is 5.11 Å². The van der Waals surface area contributed by atoms with E-state index in [1.165, 1.54) is 0 Å². The summed E-state index contributed by atoms with van der Waals surface area (Å²) in [5, 5.41) is 8.88. The van der Waals surface area contributed by atoms with Gasteiger partial charge in [-0.25, -0.2) is 0 Å². The van der Waals surface area contributed by atoms with Crippen molar-refractivity contribution in [1.29, 1.82) is 0 Å². The lowest BCUT2D eigenvalue weighted by Gasteiger charge is -2.12. The molecule has 0 atom stereocenters. The summed E-state index contributed by atoms with van der Waals surface area (Å²) < 4.78 is 5.90. The number of hydrogen-bond donors (Lipinski definition) is 2. The van der Waals surface area contributed by atoms with E-state index in [1.807, 2.05) is 54.6 Å². The zero-order chi connectivity index (χ0) is 20.6. The molecule has 0 unspecified atom stereocenters. The van der Waals surface area contributed by atoms with Gasteiger partial charge in [-0.15, -0.1) is 0 Å². The Balaban J connectivity index is 1.64. The summed E-state index contributed by atoms with van der Waals surface area (Å²) in [6.07, 6.45) is 1.62. The van der Waals surface area contributed by atoms with Gasteiger partial charge in [0, 0.05) is 21.8 Å². The fraction of sp³-hybridized carbons (Fsp3) is 0.0476. The summed E-state index contributed by atoms with van der Waals surface area (Å²) in [6, 6.07) is 20.4. The molecular weight excluding hydrogens is 449 g/mol. The number of anilines is 1. The molecular formula is C21H16Cl3N3OS. The molecule has 0 radical (unpaired) electrons. The first-order valence-electron chi connectivity index (χ1n) is 8.54. The van der Waals surface area contributed by atoms with Gasteiger partial charge >= 0.3 is 0 Å². The Kier molecular flexibility index (Phi) is 7.72. The van der Waals surface area contributed by atoms with Crippen molar-refractivity contribution in [3.05, 3.63) is 92.9 Å². The first-order valence-corrected chi connectivity index (χ1v) is 10.1. The average Bonchev–Trinajstić information content (AvgIpc) is 2.72. The molecule has 0 aromatic heterocycles. The molecule has 4 nitrogen and oxygen atoms in total. The second-order valence-electron chi connectivity index (χ2n) is 5.84. The van der Waals surface area contributed by atoms with Gasteiger partial charge in [0.1, 0.15) is 12.4 Å². The Morgan fingerprint density at radius 3 is 2.41 bits per heavy atom. The van der Waals surface area contributed by atoms with E-state index < -0.39 is 0 Å². The van der Waals surface area contributed by atoms with Crippen LogP contribution in [0.5, 0.6) is 5.75 Å². The van der Waals surface area contributed by atoms with Crippen LogP contribution in [0.1, 0.15) is 11.1 Å². The molecule has 3 aromatic rings. The van der Waals surface area contributed by atoms with Crippen LogP contribution in [0.15, 0.2) is 71.8 Å². The van der Waals surface area contributed by atoms with Gasteiger partial charge in [0.25, 0.3) is 0 Å². The maximum Gasteiger partial charge on any atom is 0.191 e. The minimum atomic E-state index is 0.171. The van der Waals surface area contributed by atoms with Crippen molar-refractivity contribution < 1.29 is 4.74 Å². The molecule has 0 amide bonds. The van der Waals surface area contributed by atoms with E-state index >= 15 is 0 Å². The monoisotopic (exact) mass is 463 g/mol. The number of hydrogen-bond acceptors (Lipinski definition) is 3. The third kappa shape index (κ3) is 6.08. The summed E-state index contributed by atoms with van der Waals surface area (Å²) in [5.41, 5.74) is 5.04. The van der Waals surface area contributed by atoms with Crippen LogP contribution in [-0.4, -0.2) is 11.3 Å². The van der Waals surface area contributed by atoms with Crippen LogP contribution in [0.2, 0.25) is 15.1 Å². The predicted octanol–water partition coefficient (Wildman–Crippen LogP) is 6.55. The second-order valence-corrected chi connectivity index (χ2v) is 7.44. The quantitative estimate of drug-likeness (QED) is 0.188. The first kappa shape index (κ1) is 21.4. The molecule has 0 aliphatic rings. The van der Waals surface area contributed by atoms with Crippen LogP contribution < -0.4 is 15.5 Å². The molecule has 0 bridgehead atoms. The van der Waals surface area contributed by atoms with E-state index in [4.69, 9.17) is 51.8 Å². The molecule has 0 fully saturated rings. The van der Waals surface area contributed by atoms with Gasteiger partial charge in [-0.3, -0.25) is 5.43 Å². The van der Waals surface area contributed by atoms with Gasteiger partial charge < -0.3 is 10.1 Å². The van der Waals surface area contributed by atoms with Crippen LogP contribution in [0.3, 0.4) is 0 Å². The predicted molar refractivity (Wildman–Crippen MR) is 126 cm³/mol. The number of para-hydroxylation sites is 2. The Labute approximate surface area is 189 Å². The van der Waals surface area contributed by atoms with Crippen LogP contribution in [0.4, 0.5) is 5.69 Å². The topological polar surface area (TPSA) is 45.7 Å². The summed E-state index contributed by atoms with van der Waals surface area (Å²) >= 11 is 23.7. The lowest BCUT2D eigenvalue weighted by atomic mass is 10.2. The maximum absolute atomic E-state index is 6.24. The van der Waals surface area contributed by atoms with Crippen LogP contribution in [-0.2, 0) is 6.61 Å². The van der Waals surface area contributed by atoms with E-state index in [9.17, 15) is 0 Å². The molecule has 29 heavy (non-hydrogen) atoms. The minimum absolute atomic E-state index is 0.171. The van der Waals surface area contributed by atoms with Crippen molar-refractivity contribution in [1.82, 2.24) is 5.43 Å². The van der Waals surface area contributed by atoms with Crippen LogP contribution in [0, 0.1) is 0 Å². The summed E-state index contributed by atoms with van der Waals surface area (Å²) in [6.45, 7) is 0.171. The number of ether oxygens (including phenoxy) is 1. The van der Waals surface area contributed by atoms with Gasteiger partial charge in [0.05, 0.1) is 16.3 Å². The second kappa shape index (κ2) is 10.5. The smallest absolute Gasteiger partial charge is 0.191 e. The minimum Gasteiger partial charge on any atom is -0.488 e. The fourth-order valence-electron chi connectivity index (χ4n) is 2.41. The highest BCUT2D eigenvalue weighted by molar-refractivity contribution is 7.80. The Morgan fingerprint density at radius 2 is 1.62 bits per heavy atom. The van der Waals surface area contributed by atoms with E-state index in [0.29, 0.717) is 31.5 Å². The SMILES string of the molecule is S=C(NN=Cc1ccccc1OCc1c(Cl)ccc(Cl)c1Cl)Nc1ccccc1. The Morgan fingerprint density at radius 1 is 0.931 bits per heavy atom. The molecule has 148 valence electrons. The fourth-order valence-corrected chi connectivity index (χ4v) is 3.24. The standard InChI is InChI=1S/C21H16Cl3N3OS/c22-17-10-11-18(23)20(24)16(17)13-28-19-9-5-4-6-14(19)12-25-27-21(29)26-15-7-2-1-3-8-15/h1-12H,13H2,(H2,26,27,29). The van der Waals surface area contributed by atoms with E-state index in [2.05, 4.69) is 15.8 Å². The Hall–Kier alpha value is -2.31. The molecule has 2 N–H and O–H groups in total. The lowest BCUT2D eigenvalue weighted by molar-refractivity contribution is 0.306. The number of rotatable bonds is 6. The van der Waals surface area contributed by atoms with E-state index in [-0.39, 0.29) is 6.61 Å². The molecule has 0 saturated heterocycles. The number of halogens is 3. The molecule has 3 rings (SSSR count). The Bertz CT molecular complexity index is 1030. The van der Waals surface area contributed by atoms with Crippen molar-refractivity contribution in [3.8, 4) is 5.75 Å². The molecule has 3 aromatic carbocycles. The highest BCUT2D eigenvalue weighted by Crippen LogP contribution is 2.32. The zero-order valence-corrected chi connectivity index (χ0v) is 18.1. The molecule has 0 aliphatic carbocycles. The van der Waals surface area contributed by atoms with Crippen molar-refractivity contribution in [2.45, 2.75) is 6.61 Å². The van der Waals surface area contributed by atoms with Gasteiger partial charge in [-0.05, 0) is 48.6 Å². The van der Waals surface area contributed by atoms with Crippen molar-refractivity contribution >= 4 is 64.0 Å². The molecule has 0 heterocycles. The van der Waals surface area contributed by atoms with Gasteiger partial charge in [-0.1, -0.05) is 65.1 Å². The highest BCUT2D eigenvalue weighted by Gasteiger charge is 2.11. The van der Waals surface area contributed by atoms with Crippen LogP contribution >= 0.6 is 47.0 Å². The normalized spacial score (nSPS) is 10.7. The maximum atomic E-state index is 6.24. The van der Waals surface area contributed by atoms with Crippen molar-refractivity contribution in [3.63, 3.8) is 0 Å². The summed E-state index contributed by atoms with van der Waals surface area (Å²) in [7, 11) is 0. The number of thiocarbonyl (C=S) groups is 1. The number of hydrazone groups is 1. The van der Waals surface area contributed by atoms with Crippen LogP contribution in [0.25, 0.3) is 0 Å². The summed E-state index contributed by atoms with van der Waals surface area (Å²) in [5.74, 6) is 0.618. The number of nitrogens with one attached hydrogen (secondary N) is 2. The number of nitrogens with zero attached hydrogens (tertiary/aromatic N) is 1. The molecule has 8 heteroatoms. The molecule has 0 spiro atoms. The highest BCUT2D eigenvalue weighted by atomic mass is 35.5. The molecule has 0 aliphatic heterocycles. The van der Waals surface area contributed by atoms with Crippen molar-refractivity contribution in [2.24, 2.45) is 5.10 Å². The summed E-state index contributed by atoms with van der Waals surface area (Å²) in [4.78, 5) is 0. The first-order chi connectivity index (χ1) is 14.0. The average molecular weight is 465 g/mol. The third-order valence-corrected chi connectivity index (χ3v) is 5.22. The van der Waals surface area contributed by atoms with Gasteiger partial charge in [-0.2, -0.15) is 5.10 Å². The number of benzene rings is 3. The molecule has 0 saturated carbocycles.